The Kier molecular flexibility index (Phi) is 4.53. The molecular weight excluding hydrogens is 242 g/mol. The number of rotatable bonds is 5. The van der Waals surface area contributed by atoms with E-state index in [1.54, 1.807) is 21.3 Å². The molecule has 0 bridgehead atoms. The van der Waals surface area contributed by atoms with E-state index in [0.717, 1.165) is 17.9 Å². The topological polar surface area (TPSA) is 30.9 Å². The Bertz CT molecular complexity index is 408. The molecule has 4 nitrogen and oxygen atoms in total. The van der Waals surface area contributed by atoms with Crippen LogP contribution in [0.1, 0.15) is 18.4 Å². The second kappa shape index (κ2) is 6.15. The smallest absolute Gasteiger partial charge is 0.203 e. The maximum atomic E-state index is 5.39. The summed E-state index contributed by atoms with van der Waals surface area (Å²) in [5.74, 6) is 2.13. The van der Waals surface area contributed by atoms with Crippen LogP contribution in [-0.2, 0) is 6.42 Å². The first-order valence-corrected chi connectivity index (χ1v) is 6.68. The normalized spacial score (nSPS) is 19.5. The number of likely N-dealkylation sites (N-methyl/N-ethyl adjacent to an activating group) is 1. The molecule has 2 rings (SSSR count). The molecule has 1 aliphatic rings. The predicted octanol–water partition coefficient (Wildman–Crippen LogP) is 2.35. The molecule has 1 aliphatic heterocycles. The molecule has 19 heavy (non-hydrogen) atoms. The average Bonchev–Trinajstić information content (AvgIpc) is 2.83. The number of hydrogen-bond acceptors (Lipinski definition) is 4. The summed E-state index contributed by atoms with van der Waals surface area (Å²) in [4.78, 5) is 2.42. The maximum Gasteiger partial charge on any atom is 0.203 e. The summed E-state index contributed by atoms with van der Waals surface area (Å²) in [6.45, 7) is 1.19. The molecular formula is C15H23NO3. The molecule has 1 aromatic carbocycles. The lowest BCUT2D eigenvalue weighted by molar-refractivity contribution is 0.305. The van der Waals surface area contributed by atoms with Crippen molar-refractivity contribution in [1.82, 2.24) is 4.90 Å². The molecule has 0 spiro atoms. The molecule has 0 saturated carbocycles. The van der Waals surface area contributed by atoms with E-state index in [9.17, 15) is 0 Å². The van der Waals surface area contributed by atoms with Gasteiger partial charge in [0.15, 0.2) is 11.5 Å². The van der Waals surface area contributed by atoms with Gasteiger partial charge >= 0.3 is 0 Å². The number of methoxy groups -OCH3 is 3. The molecule has 0 radical (unpaired) electrons. The Morgan fingerprint density at radius 3 is 2.16 bits per heavy atom. The zero-order valence-corrected chi connectivity index (χ0v) is 12.2. The van der Waals surface area contributed by atoms with Gasteiger partial charge in [0, 0.05) is 6.04 Å². The Labute approximate surface area is 115 Å². The Morgan fingerprint density at radius 2 is 1.74 bits per heavy atom. The summed E-state index contributed by atoms with van der Waals surface area (Å²) in [5.41, 5.74) is 1.23. The summed E-state index contributed by atoms with van der Waals surface area (Å²) in [6, 6.07) is 4.71. The highest BCUT2D eigenvalue weighted by Crippen LogP contribution is 2.38. The van der Waals surface area contributed by atoms with Crippen molar-refractivity contribution in [2.75, 3.05) is 34.9 Å². The molecule has 106 valence electrons. The van der Waals surface area contributed by atoms with Crippen LogP contribution in [0.4, 0.5) is 0 Å². The van der Waals surface area contributed by atoms with Crippen LogP contribution < -0.4 is 14.2 Å². The molecule has 4 heteroatoms. The minimum absolute atomic E-state index is 0.614. The van der Waals surface area contributed by atoms with Gasteiger partial charge in [-0.1, -0.05) is 0 Å². The van der Waals surface area contributed by atoms with Crippen LogP contribution in [0.3, 0.4) is 0 Å². The Hall–Kier alpha value is -1.42. The lowest BCUT2D eigenvalue weighted by Crippen LogP contribution is -2.26. The Balaban J connectivity index is 2.25. The fraction of sp³-hybridized carbons (Fsp3) is 0.600. The summed E-state index contributed by atoms with van der Waals surface area (Å²) < 4.78 is 16.1. The molecule has 0 amide bonds. The quantitative estimate of drug-likeness (QED) is 0.817. The lowest BCUT2D eigenvalue weighted by Gasteiger charge is -2.20. The molecule has 1 atom stereocenters. The van der Waals surface area contributed by atoms with Crippen molar-refractivity contribution in [3.05, 3.63) is 17.7 Å². The monoisotopic (exact) mass is 265 g/mol. The van der Waals surface area contributed by atoms with E-state index in [0.29, 0.717) is 11.8 Å². The third-order valence-corrected chi connectivity index (χ3v) is 3.87. The standard InChI is InChI=1S/C15H23NO3/c1-16-7-5-6-12(16)8-11-9-13(17-2)15(19-4)14(10-11)18-3/h9-10,12H,5-8H2,1-4H3. The average molecular weight is 265 g/mol. The summed E-state index contributed by atoms with van der Waals surface area (Å²) in [7, 11) is 7.13. The van der Waals surface area contributed by atoms with Crippen molar-refractivity contribution in [2.45, 2.75) is 25.3 Å². The van der Waals surface area contributed by atoms with E-state index in [1.807, 2.05) is 12.1 Å². The van der Waals surface area contributed by atoms with Crippen LogP contribution in [0.2, 0.25) is 0 Å². The van der Waals surface area contributed by atoms with Gasteiger partial charge in [-0.05, 0) is 50.6 Å². The minimum Gasteiger partial charge on any atom is -0.493 e. The number of benzene rings is 1. The minimum atomic E-state index is 0.614. The van der Waals surface area contributed by atoms with Crippen LogP contribution in [0, 0.1) is 0 Å². The zero-order chi connectivity index (χ0) is 13.8. The van der Waals surface area contributed by atoms with Crippen molar-refractivity contribution in [3.8, 4) is 17.2 Å². The molecule has 1 saturated heterocycles. The van der Waals surface area contributed by atoms with E-state index in [1.165, 1.54) is 24.9 Å². The molecule has 1 fully saturated rings. The van der Waals surface area contributed by atoms with Crippen LogP contribution in [-0.4, -0.2) is 45.9 Å². The second-order valence-corrected chi connectivity index (χ2v) is 5.01. The molecule has 0 N–H and O–H groups in total. The maximum absolute atomic E-state index is 5.39. The van der Waals surface area contributed by atoms with E-state index in [2.05, 4.69) is 11.9 Å². The van der Waals surface area contributed by atoms with Gasteiger partial charge in [-0.25, -0.2) is 0 Å². The van der Waals surface area contributed by atoms with Crippen LogP contribution in [0.5, 0.6) is 17.2 Å². The fourth-order valence-electron chi connectivity index (χ4n) is 2.76. The van der Waals surface area contributed by atoms with Gasteiger partial charge in [-0.3, -0.25) is 0 Å². The van der Waals surface area contributed by atoms with E-state index in [-0.39, 0.29) is 0 Å². The third kappa shape index (κ3) is 2.95. The summed E-state index contributed by atoms with van der Waals surface area (Å²) in [6.07, 6.45) is 3.56. The van der Waals surface area contributed by atoms with Crippen LogP contribution in [0.25, 0.3) is 0 Å². The van der Waals surface area contributed by atoms with Crippen LogP contribution in [0.15, 0.2) is 12.1 Å². The van der Waals surface area contributed by atoms with Gasteiger partial charge in [-0.2, -0.15) is 0 Å². The zero-order valence-electron chi connectivity index (χ0n) is 12.2. The van der Waals surface area contributed by atoms with Crippen LogP contribution >= 0.6 is 0 Å². The summed E-state index contributed by atoms with van der Waals surface area (Å²) >= 11 is 0. The Morgan fingerprint density at radius 1 is 1.11 bits per heavy atom. The van der Waals surface area contributed by atoms with Gasteiger partial charge in [0.1, 0.15) is 0 Å². The number of likely N-dealkylation sites (tertiary alicyclic amines) is 1. The van der Waals surface area contributed by atoms with Gasteiger partial charge in [-0.15, -0.1) is 0 Å². The van der Waals surface area contributed by atoms with Crippen molar-refractivity contribution in [3.63, 3.8) is 0 Å². The van der Waals surface area contributed by atoms with Gasteiger partial charge in [0.05, 0.1) is 21.3 Å². The highest BCUT2D eigenvalue weighted by atomic mass is 16.5. The first-order valence-electron chi connectivity index (χ1n) is 6.68. The lowest BCUT2D eigenvalue weighted by atomic mass is 10.0. The number of nitrogens with zero attached hydrogens (tertiary/aromatic N) is 1. The SMILES string of the molecule is COc1cc(CC2CCCN2C)cc(OC)c1OC. The third-order valence-electron chi connectivity index (χ3n) is 3.87. The van der Waals surface area contributed by atoms with Crippen molar-refractivity contribution >= 4 is 0 Å². The molecule has 1 aromatic rings. The second-order valence-electron chi connectivity index (χ2n) is 5.01. The summed E-state index contributed by atoms with van der Waals surface area (Å²) in [5, 5.41) is 0. The van der Waals surface area contributed by atoms with E-state index >= 15 is 0 Å². The van der Waals surface area contributed by atoms with Gasteiger partial charge in [0.2, 0.25) is 5.75 Å². The van der Waals surface area contributed by atoms with Crippen molar-refractivity contribution in [2.24, 2.45) is 0 Å². The fourth-order valence-corrected chi connectivity index (χ4v) is 2.76. The van der Waals surface area contributed by atoms with Crippen molar-refractivity contribution in [1.29, 1.82) is 0 Å². The highest BCUT2D eigenvalue weighted by molar-refractivity contribution is 5.54. The molecule has 0 aromatic heterocycles. The predicted molar refractivity (Wildman–Crippen MR) is 75.5 cm³/mol. The van der Waals surface area contributed by atoms with Crippen molar-refractivity contribution < 1.29 is 14.2 Å². The number of ether oxygens (including phenoxy) is 3. The van der Waals surface area contributed by atoms with Gasteiger partial charge < -0.3 is 19.1 Å². The van der Waals surface area contributed by atoms with E-state index in [4.69, 9.17) is 14.2 Å². The van der Waals surface area contributed by atoms with Gasteiger partial charge in [0.25, 0.3) is 0 Å². The highest BCUT2D eigenvalue weighted by Gasteiger charge is 2.22. The molecule has 1 heterocycles. The number of hydrogen-bond donors (Lipinski definition) is 0. The largest absolute Gasteiger partial charge is 0.493 e. The first-order chi connectivity index (χ1) is 9.19. The molecule has 0 aliphatic carbocycles. The van der Waals surface area contributed by atoms with E-state index < -0.39 is 0 Å². The first kappa shape index (κ1) is 14.0. The molecule has 1 unspecified atom stereocenters.